The standard InChI is InChI=1S/C22H27NO/c1-15(2)21(22(23-3)18-10-11-18)14-20(24)13-16-8-9-17-6-4-5-7-19(17)12-16/h4-9,12,15,21,23H,10-11,13-14H2,1-3H3/t21-/m0/s1. The predicted molar refractivity (Wildman–Crippen MR) is 101 cm³/mol. The predicted octanol–water partition coefficient (Wildman–Crippen LogP) is 4.88. The van der Waals surface area contributed by atoms with Gasteiger partial charge in [-0.1, -0.05) is 61.9 Å². The van der Waals surface area contributed by atoms with Crippen LogP contribution < -0.4 is 5.32 Å². The second-order valence-corrected chi connectivity index (χ2v) is 7.22. The van der Waals surface area contributed by atoms with Gasteiger partial charge in [-0.25, -0.2) is 0 Å². The summed E-state index contributed by atoms with van der Waals surface area (Å²) in [5.74, 6) is 1.12. The molecule has 2 nitrogen and oxygen atoms in total. The van der Waals surface area contributed by atoms with E-state index in [1.807, 2.05) is 19.2 Å². The van der Waals surface area contributed by atoms with Crippen LogP contribution in [0.5, 0.6) is 0 Å². The molecule has 2 heteroatoms. The SMILES string of the molecule is CNC(=C1CC1)[C@@H](CC(=O)Cc1ccc2ccccc2c1)C(C)C. The van der Waals surface area contributed by atoms with E-state index in [2.05, 4.69) is 49.5 Å². The van der Waals surface area contributed by atoms with E-state index in [1.54, 1.807) is 0 Å². The fraction of sp³-hybridized carbons (Fsp3) is 0.409. The highest BCUT2D eigenvalue weighted by molar-refractivity contribution is 5.86. The number of carbonyl (C=O) groups is 1. The van der Waals surface area contributed by atoms with Gasteiger partial charge in [0.05, 0.1) is 0 Å². The summed E-state index contributed by atoms with van der Waals surface area (Å²) in [7, 11) is 1.99. The number of nitrogens with one attached hydrogen (secondary N) is 1. The minimum absolute atomic E-state index is 0.320. The molecule has 1 aliphatic rings. The molecule has 24 heavy (non-hydrogen) atoms. The first-order valence-corrected chi connectivity index (χ1v) is 8.97. The molecule has 2 aromatic carbocycles. The van der Waals surface area contributed by atoms with Gasteiger partial charge in [-0.05, 0) is 35.1 Å². The van der Waals surface area contributed by atoms with Gasteiger partial charge < -0.3 is 5.32 Å². The number of allylic oxidation sites excluding steroid dienone is 2. The molecule has 1 atom stereocenters. The lowest BCUT2D eigenvalue weighted by atomic mass is 9.85. The Morgan fingerprint density at radius 2 is 1.79 bits per heavy atom. The van der Waals surface area contributed by atoms with Crippen molar-refractivity contribution in [3.8, 4) is 0 Å². The Hall–Kier alpha value is -2.09. The quantitative estimate of drug-likeness (QED) is 0.787. The van der Waals surface area contributed by atoms with Crippen LogP contribution in [0.1, 0.15) is 38.7 Å². The highest BCUT2D eigenvalue weighted by Crippen LogP contribution is 2.37. The molecule has 1 aliphatic carbocycles. The Morgan fingerprint density at radius 1 is 1.08 bits per heavy atom. The van der Waals surface area contributed by atoms with Crippen molar-refractivity contribution < 1.29 is 4.79 Å². The van der Waals surface area contributed by atoms with E-state index in [4.69, 9.17) is 0 Å². The van der Waals surface area contributed by atoms with Crippen molar-refractivity contribution in [2.24, 2.45) is 11.8 Å². The third-order valence-corrected chi connectivity index (χ3v) is 4.99. The lowest BCUT2D eigenvalue weighted by Gasteiger charge is -2.23. The molecule has 126 valence electrons. The number of fused-ring (bicyclic) bond motifs is 1. The van der Waals surface area contributed by atoms with Crippen molar-refractivity contribution in [1.29, 1.82) is 0 Å². The molecule has 1 N–H and O–H groups in total. The van der Waals surface area contributed by atoms with E-state index >= 15 is 0 Å². The summed E-state index contributed by atoms with van der Waals surface area (Å²) in [6.45, 7) is 4.43. The molecule has 2 aromatic rings. The van der Waals surface area contributed by atoms with E-state index in [-0.39, 0.29) is 0 Å². The number of benzene rings is 2. The Kier molecular flexibility index (Phi) is 5.03. The first kappa shape index (κ1) is 16.8. The second-order valence-electron chi connectivity index (χ2n) is 7.22. The van der Waals surface area contributed by atoms with Gasteiger partial charge in [0, 0.05) is 31.5 Å². The number of hydrogen-bond acceptors (Lipinski definition) is 2. The Balaban J connectivity index is 1.72. The molecule has 0 heterocycles. The van der Waals surface area contributed by atoms with Crippen molar-refractivity contribution in [2.75, 3.05) is 7.05 Å². The maximum atomic E-state index is 12.7. The van der Waals surface area contributed by atoms with Crippen LogP contribution in [0.15, 0.2) is 53.7 Å². The van der Waals surface area contributed by atoms with Crippen LogP contribution in [0.25, 0.3) is 10.8 Å². The molecule has 0 aliphatic heterocycles. The number of carbonyl (C=O) groups excluding carboxylic acids is 1. The second kappa shape index (κ2) is 7.21. The van der Waals surface area contributed by atoms with Crippen molar-refractivity contribution in [3.05, 3.63) is 59.3 Å². The van der Waals surface area contributed by atoms with Gasteiger partial charge in [0.25, 0.3) is 0 Å². The summed E-state index contributed by atoms with van der Waals surface area (Å²) in [5, 5.41) is 5.80. The van der Waals surface area contributed by atoms with Crippen molar-refractivity contribution in [2.45, 2.75) is 39.5 Å². The molecular weight excluding hydrogens is 294 g/mol. The van der Waals surface area contributed by atoms with Crippen LogP contribution in [0.4, 0.5) is 0 Å². The van der Waals surface area contributed by atoms with Crippen molar-refractivity contribution in [1.82, 2.24) is 5.32 Å². The number of rotatable bonds is 7. The van der Waals surface area contributed by atoms with Gasteiger partial charge in [-0.3, -0.25) is 4.79 Å². The van der Waals surface area contributed by atoms with Crippen LogP contribution in [-0.2, 0) is 11.2 Å². The first-order chi connectivity index (χ1) is 11.6. The average molecular weight is 321 g/mol. The maximum absolute atomic E-state index is 12.7. The third kappa shape index (κ3) is 3.87. The highest BCUT2D eigenvalue weighted by Gasteiger charge is 2.27. The topological polar surface area (TPSA) is 29.1 Å². The Morgan fingerprint density at radius 3 is 2.42 bits per heavy atom. The maximum Gasteiger partial charge on any atom is 0.137 e. The fourth-order valence-corrected chi connectivity index (χ4v) is 3.52. The largest absolute Gasteiger partial charge is 0.391 e. The highest BCUT2D eigenvalue weighted by atomic mass is 16.1. The van der Waals surface area contributed by atoms with E-state index in [9.17, 15) is 4.79 Å². The molecule has 0 unspecified atom stereocenters. The van der Waals surface area contributed by atoms with E-state index in [0.29, 0.717) is 30.5 Å². The Labute approximate surface area is 145 Å². The monoisotopic (exact) mass is 321 g/mol. The molecule has 3 rings (SSSR count). The molecule has 0 bridgehead atoms. The van der Waals surface area contributed by atoms with Gasteiger partial charge in [0.2, 0.25) is 0 Å². The zero-order valence-corrected chi connectivity index (χ0v) is 14.9. The Bertz CT molecular complexity index is 766. The summed E-state index contributed by atoms with van der Waals surface area (Å²) in [5.41, 5.74) is 3.94. The van der Waals surface area contributed by atoms with Crippen LogP contribution in [0.3, 0.4) is 0 Å². The smallest absolute Gasteiger partial charge is 0.137 e. The van der Waals surface area contributed by atoms with Gasteiger partial charge in [-0.15, -0.1) is 0 Å². The molecule has 1 fully saturated rings. The molecule has 0 aromatic heterocycles. The average Bonchev–Trinajstić information content (AvgIpc) is 3.39. The van der Waals surface area contributed by atoms with Crippen LogP contribution >= 0.6 is 0 Å². The van der Waals surface area contributed by atoms with E-state index in [0.717, 1.165) is 5.56 Å². The molecule has 1 saturated carbocycles. The third-order valence-electron chi connectivity index (χ3n) is 4.99. The van der Waals surface area contributed by atoms with Gasteiger partial charge in [0.15, 0.2) is 0 Å². The summed E-state index contributed by atoms with van der Waals surface area (Å²) < 4.78 is 0. The lowest BCUT2D eigenvalue weighted by Crippen LogP contribution is -2.24. The summed E-state index contributed by atoms with van der Waals surface area (Å²) >= 11 is 0. The zero-order chi connectivity index (χ0) is 17.1. The van der Waals surface area contributed by atoms with Gasteiger partial charge >= 0.3 is 0 Å². The zero-order valence-electron chi connectivity index (χ0n) is 14.9. The minimum atomic E-state index is 0.320. The van der Waals surface area contributed by atoms with Gasteiger partial charge in [-0.2, -0.15) is 0 Å². The summed E-state index contributed by atoms with van der Waals surface area (Å²) in [6, 6.07) is 14.7. The minimum Gasteiger partial charge on any atom is -0.391 e. The lowest BCUT2D eigenvalue weighted by molar-refractivity contribution is -0.119. The van der Waals surface area contributed by atoms with Crippen LogP contribution in [-0.4, -0.2) is 12.8 Å². The van der Waals surface area contributed by atoms with Gasteiger partial charge in [0.1, 0.15) is 5.78 Å². The number of Topliss-reactive ketones (excluding diaryl/α,β-unsaturated/α-hetero) is 1. The molecule has 0 amide bonds. The van der Waals surface area contributed by atoms with E-state index in [1.165, 1.54) is 34.9 Å². The number of ketones is 1. The normalized spacial score (nSPS) is 14.8. The first-order valence-electron chi connectivity index (χ1n) is 8.97. The van der Waals surface area contributed by atoms with E-state index < -0.39 is 0 Å². The molecule has 0 spiro atoms. The molecular formula is C22H27NO. The molecule has 0 saturated heterocycles. The molecule has 0 radical (unpaired) electrons. The summed E-state index contributed by atoms with van der Waals surface area (Å²) in [6.07, 6.45) is 3.54. The van der Waals surface area contributed by atoms with Crippen LogP contribution in [0.2, 0.25) is 0 Å². The van der Waals surface area contributed by atoms with Crippen molar-refractivity contribution >= 4 is 16.6 Å². The van der Waals surface area contributed by atoms with Crippen molar-refractivity contribution in [3.63, 3.8) is 0 Å². The number of hydrogen-bond donors (Lipinski definition) is 1. The fourth-order valence-electron chi connectivity index (χ4n) is 3.52. The summed E-state index contributed by atoms with van der Waals surface area (Å²) in [4.78, 5) is 12.7. The van der Waals surface area contributed by atoms with Crippen LogP contribution in [0, 0.1) is 11.8 Å².